The van der Waals surface area contributed by atoms with Gasteiger partial charge < -0.3 is 10.8 Å². The molecule has 16 heavy (non-hydrogen) atoms. The van der Waals surface area contributed by atoms with Crippen LogP contribution in [0, 0.1) is 11.3 Å². The molecule has 1 aromatic heterocycles. The zero-order valence-corrected chi connectivity index (χ0v) is 10.8. The van der Waals surface area contributed by atoms with E-state index in [1.807, 2.05) is 12.1 Å². The van der Waals surface area contributed by atoms with Gasteiger partial charge >= 0.3 is 0 Å². The first-order chi connectivity index (χ1) is 7.70. The number of pyridine rings is 1. The van der Waals surface area contributed by atoms with E-state index in [1.54, 1.807) is 6.20 Å². The number of halogens is 1. The Kier molecular flexibility index (Phi) is 3.62. The minimum Gasteiger partial charge on any atom is -0.396 e. The van der Waals surface area contributed by atoms with E-state index in [2.05, 4.69) is 20.9 Å². The van der Waals surface area contributed by atoms with Crippen LogP contribution < -0.4 is 5.73 Å². The summed E-state index contributed by atoms with van der Waals surface area (Å²) in [7, 11) is 0. The van der Waals surface area contributed by atoms with Crippen molar-refractivity contribution in [1.29, 1.82) is 0 Å². The highest BCUT2D eigenvalue weighted by Gasteiger charge is 2.43. The molecule has 3 nitrogen and oxygen atoms in total. The van der Waals surface area contributed by atoms with Gasteiger partial charge in [-0.15, -0.1) is 0 Å². The predicted molar refractivity (Wildman–Crippen MR) is 66.9 cm³/mol. The van der Waals surface area contributed by atoms with Gasteiger partial charge in [-0.1, -0.05) is 0 Å². The monoisotopic (exact) mass is 284 g/mol. The van der Waals surface area contributed by atoms with E-state index >= 15 is 0 Å². The van der Waals surface area contributed by atoms with Gasteiger partial charge in [0.1, 0.15) is 0 Å². The quantitative estimate of drug-likeness (QED) is 0.866. The molecule has 0 spiro atoms. The summed E-state index contributed by atoms with van der Waals surface area (Å²) in [5, 5.41) is 9.59. The third-order valence-electron chi connectivity index (χ3n) is 3.49. The fraction of sp³-hybridized carbons (Fsp3) is 0.583. The van der Waals surface area contributed by atoms with Gasteiger partial charge in [0.15, 0.2) is 0 Å². The molecule has 0 bridgehead atoms. The molecule has 2 rings (SSSR count). The Morgan fingerprint density at radius 1 is 1.50 bits per heavy atom. The first kappa shape index (κ1) is 12.0. The number of nitrogens with two attached hydrogens (primary N) is 1. The molecular formula is C12H17BrN2O. The van der Waals surface area contributed by atoms with Crippen LogP contribution in [0.1, 0.15) is 18.5 Å². The van der Waals surface area contributed by atoms with Crippen molar-refractivity contribution in [3.63, 3.8) is 0 Å². The van der Waals surface area contributed by atoms with Gasteiger partial charge in [-0.2, -0.15) is 0 Å². The molecule has 1 atom stereocenters. The molecule has 0 saturated heterocycles. The third kappa shape index (κ3) is 2.44. The third-order valence-corrected chi connectivity index (χ3v) is 3.96. The summed E-state index contributed by atoms with van der Waals surface area (Å²) in [6, 6.07) is 3.97. The second kappa shape index (κ2) is 4.82. The number of rotatable bonds is 5. The van der Waals surface area contributed by atoms with Crippen LogP contribution in [-0.2, 0) is 6.42 Å². The first-order valence-corrected chi connectivity index (χ1v) is 6.41. The summed E-state index contributed by atoms with van der Waals surface area (Å²) < 4.78 is 0.977. The van der Waals surface area contributed by atoms with Crippen molar-refractivity contribution in [1.82, 2.24) is 4.98 Å². The van der Waals surface area contributed by atoms with E-state index in [4.69, 9.17) is 5.73 Å². The fourth-order valence-corrected chi connectivity index (χ4v) is 2.43. The summed E-state index contributed by atoms with van der Waals surface area (Å²) >= 11 is 3.36. The highest BCUT2D eigenvalue weighted by atomic mass is 79.9. The molecule has 4 heteroatoms. The lowest BCUT2D eigenvalue weighted by molar-refractivity contribution is 0.108. The Bertz CT molecular complexity index is 345. The van der Waals surface area contributed by atoms with Gasteiger partial charge in [0, 0.05) is 28.3 Å². The lowest BCUT2D eigenvalue weighted by atomic mass is 9.79. The highest BCUT2D eigenvalue weighted by Crippen LogP contribution is 2.46. The van der Waals surface area contributed by atoms with Crippen LogP contribution >= 0.6 is 15.9 Å². The average molecular weight is 285 g/mol. The molecule has 0 aliphatic heterocycles. The second-order valence-corrected chi connectivity index (χ2v) is 5.56. The zero-order valence-electron chi connectivity index (χ0n) is 9.19. The van der Waals surface area contributed by atoms with Crippen LogP contribution in [0.3, 0.4) is 0 Å². The maximum absolute atomic E-state index is 9.59. The Morgan fingerprint density at radius 3 is 2.69 bits per heavy atom. The molecule has 3 N–H and O–H groups in total. The molecular weight excluding hydrogens is 268 g/mol. The van der Waals surface area contributed by atoms with E-state index in [9.17, 15) is 5.11 Å². The maximum atomic E-state index is 9.59. The van der Waals surface area contributed by atoms with Gasteiger partial charge in [0.05, 0.1) is 6.61 Å². The van der Waals surface area contributed by atoms with Gasteiger partial charge in [-0.25, -0.2) is 0 Å². The van der Waals surface area contributed by atoms with Crippen molar-refractivity contribution in [3.05, 3.63) is 28.5 Å². The molecule has 1 fully saturated rings. The summed E-state index contributed by atoms with van der Waals surface area (Å²) in [6.07, 6.45) is 4.95. The zero-order chi connectivity index (χ0) is 11.6. The van der Waals surface area contributed by atoms with E-state index in [0.29, 0.717) is 12.5 Å². The number of hydrogen-bond acceptors (Lipinski definition) is 3. The Labute approximate surface area is 104 Å². The van der Waals surface area contributed by atoms with Gasteiger partial charge in [0.25, 0.3) is 0 Å². The minimum absolute atomic E-state index is 0.152. The summed E-state index contributed by atoms with van der Waals surface area (Å²) in [4.78, 5) is 4.36. The van der Waals surface area contributed by atoms with Crippen LogP contribution in [0.25, 0.3) is 0 Å². The fourth-order valence-electron chi connectivity index (χ4n) is 2.20. The van der Waals surface area contributed by atoms with Crippen molar-refractivity contribution >= 4 is 15.9 Å². The summed E-state index contributed by atoms with van der Waals surface area (Å²) in [5.74, 6) is 0.577. The smallest absolute Gasteiger partial charge is 0.0505 e. The normalized spacial score (nSPS) is 19.4. The van der Waals surface area contributed by atoms with Gasteiger partial charge in [-0.3, -0.25) is 4.98 Å². The van der Waals surface area contributed by atoms with Crippen LogP contribution in [0.15, 0.2) is 22.8 Å². The Morgan fingerprint density at radius 2 is 2.25 bits per heavy atom. The van der Waals surface area contributed by atoms with Crippen LogP contribution in [0.2, 0.25) is 0 Å². The highest BCUT2D eigenvalue weighted by molar-refractivity contribution is 9.10. The maximum Gasteiger partial charge on any atom is 0.0505 e. The van der Waals surface area contributed by atoms with E-state index in [1.165, 1.54) is 12.8 Å². The van der Waals surface area contributed by atoms with Crippen molar-refractivity contribution in [2.24, 2.45) is 17.1 Å². The molecule has 1 aliphatic rings. The Hall–Kier alpha value is -0.450. The average Bonchev–Trinajstić information content (AvgIpc) is 3.13. The standard InChI is InChI=1S/C12H17BrN2O/c13-10-3-4-11(15-6-10)5-12(7-14,8-16)9-1-2-9/h3-4,6,9,16H,1-2,5,7-8,14H2. The van der Waals surface area contributed by atoms with Crippen LogP contribution in [-0.4, -0.2) is 23.2 Å². The van der Waals surface area contributed by atoms with Crippen molar-refractivity contribution in [2.75, 3.05) is 13.2 Å². The number of hydrogen-bond donors (Lipinski definition) is 2. The SMILES string of the molecule is NCC(CO)(Cc1ccc(Br)cn1)C1CC1. The van der Waals surface area contributed by atoms with Crippen molar-refractivity contribution in [2.45, 2.75) is 19.3 Å². The van der Waals surface area contributed by atoms with Crippen LogP contribution in [0.4, 0.5) is 0 Å². The number of aliphatic hydroxyl groups is 1. The molecule has 88 valence electrons. The topological polar surface area (TPSA) is 59.1 Å². The molecule has 0 radical (unpaired) electrons. The van der Waals surface area contributed by atoms with E-state index in [0.717, 1.165) is 16.6 Å². The second-order valence-electron chi connectivity index (χ2n) is 4.64. The Balaban J connectivity index is 2.13. The lowest BCUT2D eigenvalue weighted by Gasteiger charge is -2.30. The minimum atomic E-state index is -0.152. The largest absolute Gasteiger partial charge is 0.396 e. The van der Waals surface area contributed by atoms with E-state index < -0.39 is 0 Å². The number of nitrogens with zero attached hydrogens (tertiary/aromatic N) is 1. The molecule has 0 amide bonds. The van der Waals surface area contributed by atoms with Crippen molar-refractivity contribution < 1.29 is 5.11 Å². The van der Waals surface area contributed by atoms with Gasteiger partial charge in [0.2, 0.25) is 0 Å². The molecule has 1 aliphatic carbocycles. The predicted octanol–water partition coefficient (Wildman–Crippen LogP) is 1.73. The lowest BCUT2D eigenvalue weighted by Crippen LogP contribution is -2.38. The molecule has 0 aromatic carbocycles. The first-order valence-electron chi connectivity index (χ1n) is 5.61. The number of aliphatic hydroxyl groups excluding tert-OH is 1. The molecule has 1 saturated carbocycles. The summed E-state index contributed by atoms with van der Waals surface area (Å²) in [5.41, 5.74) is 6.70. The van der Waals surface area contributed by atoms with Gasteiger partial charge in [-0.05, 0) is 53.2 Å². The van der Waals surface area contributed by atoms with E-state index in [-0.39, 0.29) is 12.0 Å². The van der Waals surface area contributed by atoms with Crippen molar-refractivity contribution in [3.8, 4) is 0 Å². The van der Waals surface area contributed by atoms with Crippen LogP contribution in [0.5, 0.6) is 0 Å². The molecule has 1 unspecified atom stereocenters. The number of aromatic nitrogens is 1. The molecule has 1 aromatic rings. The summed E-state index contributed by atoms with van der Waals surface area (Å²) in [6.45, 7) is 0.692. The molecule has 1 heterocycles.